The zero-order valence-electron chi connectivity index (χ0n) is 10.6. The standard InChI is InChI=1S/C15H12BrN3O/c16-13-7-11(17)9-19(15(13)20)8-10-5-6-18-14-4-2-1-3-12(10)14/h1-7,9H,8,17H2. The van der Waals surface area contributed by atoms with E-state index < -0.39 is 0 Å². The number of hydrogen-bond acceptors (Lipinski definition) is 3. The van der Waals surface area contributed by atoms with Gasteiger partial charge in [0.2, 0.25) is 0 Å². The van der Waals surface area contributed by atoms with Crippen molar-refractivity contribution in [3.8, 4) is 0 Å². The van der Waals surface area contributed by atoms with Crippen LogP contribution in [0.4, 0.5) is 5.69 Å². The third kappa shape index (κ3) is 2.32. The van der Waals surface area contributed by atoms with Gasteiger partial charge in [0.1, 0.15) is 0 Å². The number of para-hydroxylation sites is 1. The monoisotopic (exact) mass is 329 g/mol. The van der Waals surface area contributed by atoms with Gasteiger partial charge in [-0.15, -0.1) is 0 Å². The van der Waals surface area contributed by atoms with E-state index in [1.165, 1.54) is 0 Å². The van der Waals surface area contributed by atoms with Crippen molar-refractivity contribution < 1.29 is 0 Å². The molecule has 0 aliphatic rings. The molecule has 4 nitrogen and oxygen atoms in total. The number of anilines is 1. The van der Waals surface area contributed by atoms with Gasteiger partial charge in [0.05, 0.1) is 16.5 Å². The van der Waals surface area contributed by atoms with E-state index in [4.69, 9.17) is 5.73 Å². The summed E-state index contributed by atoms with van der Waals surface area (Å²) in [5.41, 5.74) is 8.20. The van der Waals surface area contributed by atoms with Crippen LogP contribution >= 0.6 is 15.9 Å². The molecular formula is C15H12BrN3O. The predicted octanol–water partition coefficient (Wildman–Crippen LogP) is 2.79. The van der Waals surface area contributed by atoms with Gasteiger partial charge in [-0.2, -0.15) is 0 Å². The van der Waals surface area contributed by atoms with E-state index in [2.05, 4.69) is 20.9 Å². The summed E-state index contributed by atoms with van der Waals surface area (Å²) in [4.78, 5) is 16.4. The molecular weight excluding hydrogens is 318 g/mol. The molecule has 2 N–H and O–H groups in total. The first-order valence-electron chi connectivity index (χ1n) is 6.13. The first kappa shape index (κ1) is 12.9. The predicted molar refractivity (Wildman–Crippen MR) is 83.7 cm³/mol. The third-order valence-electron chi connectivity index (χ3n) is 3.14. The number of benzene rings is 1. The molecule has 3 aromatic rings. The summed E-state index contributed by atoms with van der Waals surface area (Å²) in [6.45, 7) is 0.464. The summed E-state index contributed by atoms with van der Waals surface area (Å²) >= 11 is 3.23. The molecule has 0 bridgehead atoms. The van der Waals surface area contributed by atoms with Crippen LogP contribution in [0.15, 0.2) is 58.1 Å². The molecule has 2 aromatic heterocycles. The summed E-state index contributed by atoms with van der Waals surface area (Å²) < 4.78 is 2.07. The molecule has 5 heteroatoms. The molecule has 0 radical (unpaired) electrons. The van der Waals surface area contributed by atoms with Crippen LogP contribution in [-0.4, -0.2) is 9.55 Å². The minimum Gasteiger partial charge on any atom is -0.398 e. The maximum absolute atomic E-state index is 12.1. The highest BCUT2D eigenvalue weighted by atomic mass is 79.9. The van der Waals surface area contributed by atoms with Gasteiger partial charge in [-0.05, 0) is 39.7 Å². The summed E-state index contributed by atoms with van der Waals surface area (Å²) in [5, 5.41) is 1.04. The summed E-state index contributed by atoms with van der Waals surface area (Å²) in [7, 11) is 0. The number of halogens is 1. The SMILES string of the molecule is Nc1cc(Br)c(=O)n(Cc2ccnc3ccccc23)c1. The summed E-state index contributed by atoms with van der Waals surface area (Å²) in [6, 6.07) is 11.4. The second-order valence-electron chi connectivity index (χ2n) is 4.54. The highest BCUT2D eigenvalue weighted by molar-refractivity contribution is 9.10. The molecule has 0 unspecified atom stereocenters. The van der Waals surface area contributed by atoms with Gasteiger partial charge in [-0.1, -0.05) is 18.2 Å². The third-order valence-corrected chi connectivity index (χ3v) is 3.71. The Bertz CT molecular complexity index is 837. The number of rotatable bonds is 2. The average Bonchev–Trinajstić information content (AvgIpc) is 2.44. The molecule has 0 amide bonds. The van der Waals surface area contributed by atoms with Crippen LogP contribution in [0.5, 0.6) is 0 Å². The fourth-order valence-corrected chi connectivity index (χ4v) is 2.71. The second kappa shape index (κ2) is 5.09. The van der Waals surface area contributed by atoms with Gasteiger partial charge in [0.25, 0.3) is 5.56 Å². The zero-order chi connectivity index (χ0) is 14.1. The lowest BCUT2D eigenvalue weighted by molar-refractivity contribution is 0.761. The van der Waals surface area contributed by atoms with Crippen LogP contribution in [0.25, 0.3) is 10.9 Å². The van der Waals surface area contributed by atoms with Crippen LogP contribution in [0.1, 0.15) is 5.56 Å². The number of nitrogen functional groups attached to an aromatic ring is 1. The normalized spacial score (nSPS) is 10.8. The first-order valence-corrected chi connectivity index (χ1v) is 6.92. The van der Waals surface area contributed by atoms with Crippen LogP contribution in [0.3, 0.4) is 0 Å². The van der Waals surface area contributed by atoms with E-state index in [0.717, 1.165) is 16.5 Å². The minimum atomic E-state index is -0.0971. The average molecular weight is 330 g/mol. The van der Waals surface area contributed by atoms with Crippen molar-refractivity contribution in [3.63, 3.8) is 0 Å². The van der Waals surface area contributed by atoms with E-state index >= 15 is 0 Å². The smallest absolute Gasteiger partial charge is 0.265 e. The highest BCUT2D eigenvalue weighted by Gasteiger charge is 2.06. The van der Waals surface area contributed by atoms with E-state index in [1.54, 1.807) is 23.0 Å². The number of fused-ring (bicyclic) bond motifs is 1. The Labute approximate surface area is 124 Å². The fourth-order valence-electron chi connectivity index (χ4n) is 2.22. The zero-order valence-corrected chi connectivity index (χ0v) is 12.2. The molecule has 0 saturated heterocycles. The molecule has 1 aromatic carbocycles. The van der Waals surface area contributed by atoms with Crippen molar-refractivity contribution in [2.45, 2.75) is 6.54 Å². The molecule has 0 spiro atoms. The van der Waals surface area contributed by atoms with Gasteiger partial charge in [-0.25, -0.2) is 0 Å². The lowest BCUT2D eigenvalue weighted by Gasteiger charge is -2.10. The quantitative estimate of drug-likeness (QED) is 0.786. The molecule has 20 heavy (non-hydrogen) atoms. The molecule has 0 atom stereocenters. The van der Waals surface area contributed by atoms with Crippen molar-refractivity contribution in [1.82, 2.24) is 9.55 Å². The van der Waals surface area contributed by atoms with Crippen LogP contribution in [-0.2, 0) is 6.54 Å². The molecule has 3 rings (SSSR count). The Balaban J connectivity index is 2.13. The number of hydrogen-bond donors (Lipinski definition) is 1. The number of aromatic nitrogens is 2. The topological polar surface area (TPSA) is 60.9 Å². The lowest BCUT2D eigenvalue weighted by atomic mass is 10.1. The maximum atomic E-state index is 12.1. The number of nitrogens with two attached hydrogens (primary N) is 1. The summed E-state index contributed by atoms with van der Waals surface area (Å²) in [6.07, 6.45) is 3.41. The molecule has 0 aliphatic carbocycles. The molecule has 100 valence electrons. The molecule has 0 saturated carbocycles. The fraction of sp³-hybridized carbons (Fsp3) is 0.0667. The Morgan fingerprint density at radius 3 is 2.90 bits per heavy atom. The van der Waals surface area contributed by atoms with Gasteiger partial charge in [0, 0.05) is 23.5 Å². The minimum absolute atomic E-state index is 0.0971. The van der Waals surface area contributed by atoms with Gasteiger partial charge >= 0.3 is 0 Å². The van der Waals surface area contributed by atoms with Crippen LogP contribution in [0.2, 0.25) is 0 Å². The Hall–Kier alpha value is -2.14. The van der Waals surface area contributed by atoms with E-state index in [0.29, 0.717) is 16.7 Å². The molecule has 2 heterocycles. The van der Waals surface area contributed by atoms with Crippen molar-refractivity contribution in [1.29, 1.82) is 0 Å². The van der Waals surface area contributed by atoms with Crippen molar-refractivity contribution in [2.75, 3.05) is 5.73 Å². The van der Waals surface area contributed by atoms with Crippen molar-refractivity contribution in [3.05, 3.63) is 69.2 Å². The van der Waals surface area contributed by atoms with Gasteiger partial charge in [0.15, 0.2) is 0 Å². The van der Waals surface area contributed by atoms with Gasteiger partial charge < -0.3 is 10.3 Å². The number of nitrogens with zero attached hydrogens (tertiary/aromatic N) is 2. The van der Waals surface area contributed by atoms with Crippen LogP contribution < -0.4 is 11.3 Å². The van der Waals surface area contributed by atoms with Crippen molar-refractivity contribution >= 4 is 32.5 Å². The number of pyridine rings is 2. The lowest BCUT2D eigenvalue weighted by Crippen LogP contribution is -2.21. The van der Waals surface area contributed by atoms with E-state index in [1.807, 2.05) is 30.3 Å². The largest absolute Gasteiger partial charge is 0.398 e. The van der Waals surface area contributed by atoms with E-state index in [-0.39, 0.29) is 5.56 Å². The maximum Gasteiger partial charge on any atom is 0.265 e. The van der Waals surface area contributed by atoms with E-state index in [9.17, 15) is 4.79 Å². The molecule has 0 aliphatic heterocycles. The summed E-state index contributed by atoms with van der Waals surface area (Å²) in [5.74, 6) is 0. The Morgan fingerprint density at radius 1 is 1.25 bits per heavy atom. The molecule has 0 fully saturated rings. The van der Waals surface area contributed by atoms with Crippen molar-refractivity contribution in [2.24, 2.45) is 0 Å². The first-order chi connectivity index (χ1) is 9.65. The Kier molecular flexibility index (Phi) is 3.28. The highest BCUT2D eigenvalue weighted by Crippen LogP contribution is 2.17. The Morgan fingerprint density at radius 2 is 2.05 bits per heavy atom. The second-order valence-corrected chi connectivity index (χ2v) is 5.40. The van der Waals surface area contributed by atoms with Crippen LogP contribution in [0, 0.1) is 0 Å². The van der Waals surface area contributed by atoms with Gasteiger partial charge in [-0.3, -0.25) is 9.78 Å².